The highest BCUT2D eigenvalue weighted by atomic mass is 16.5. The summed E-state index contributed by atoms with van der Waals surface area (Å²) in [5.41, 5.74) is -0.398. The van der Waals surface area contributed by atoms with Crippen LogP contribution >= 0.6 is 0 Å². The lowest BCUT2D eigenvalue weighted by molar-refractivity contribution is -0.137. The average Bonchev–Trinajstić information content (AvgIpc) is 2.63. The van der Waals surface area contributed by atoms with Gasteiger partial charge in [-0.05, 0) is 19.3 Å². The third kappa shape index (κ3) is 1.92. The largest absolute Gasteiger partial charge is 0.481 e. The number of carbonyl (C=O) groups is 1. The molecule has 1 fully saturated rings. The Morgan fingerprint density at radius 1 is 1.62 bits per heavy atom. The van der Waals surface area contributed by atoms with Gasteiger partial charge in [-0.15, -0.1) is 0 Å². The maximum Gasteiger partial charge on any atom is 0.303 e. The molecule has 1 N–H and O–H groups in total. The zero-order valence-corrected chi connectivity index (χ0v) is 9.10. The summed E-state index contributed by atoms with van der Waals surface area (Å²) in [7, 11) is 1.63. The van der Waals surface area contributed by atoms with Gasteiger partial charge in [-0.2, -0.15) is 4.98 Å². The molecule has 0 saturated heterocycles. The number of carboxylic acid groups (broad SMARTS) is 1. The number of methoxy groups -OCH3 is 1. The lowest BCUT2D eigenvalue weighted by Gasteiger charge is -2.37. The predicted molar refractivity (Wildman–Crippen MR) is 52.8 cm³/mol. The number of ether oxygens (including phenoxy) is 1. The molecular weight excluding hydrogens is 212 g/mol. The first-order chi connectivity index (χ1) is 7.66. The van der Waals surface area contributed by atoms with Crippen LogP contribution < -0.4 is 0 Å². The van der Waals surface area contributed by atoms with Crippen molar-refractivity contribution in [2.45, 2.75) is 37.7 Å². The summed E-state index contributed by atoms with van der Waals surface area (Å²) in [4.78, 5) is 14.6. The van der Waals surface area contributed by atoms with Crippen molar-refractivity contribution >= 4 is 5.97 Å². The number of aryl methyl sites for hydroxylation is 1. The minimum atomic E-state index is -0.871. The topological polar surface area (TPSA) is 85.5 Å². The number of aliphatic carboxylic acids is 1. The van der Waals surface area contributed by atoms with Crippen LogP contribution in [0.1, 0.15) is 37.4 Å². The highest BCUT2D eigenvalue weighted by Gasteiger charge is 2.43. The van der Waals surface area contributed by atoms with Gasteiger partial charge in [-0.25, -0.2) is 0 Å². The van der Waals surface area contributed by atoms with E-state index in [2.05, 4.69) is 10.1 Å². The summed E-state index contributed by atoms with van der Waals surface area (Å²) >= 11 is 0. The zero-order chi connectivity index (χ0) is 11.6. The standard InChI is InChI=1S/C10H14N2O4/c1-15-10(5-2-6-10)9-11-7(16-12-9)3-4-8(13)14/h2-6H2,1H3,(H,13,14). The second-order valence-corrected chi connectivity index (χ2v) is 3.96. The smallest absolute Gasteiger partial charge is 0.303 e. The molecule has 1 heterocycles. The molecule has 88 valence electrons. The maximum atomic E-state index is 10.4. The normalized spacial score (nSPS) is 18.1. The first-order valence-electron chi connectivity index (χ1n) is 5.26. The molecule has 1 aromatic rings. The zero-order valence-electron chi connectivity index (χ0n) is 9.10. The second kappa shape index (κ2) is 4.21. The predicted octanol–water partition coefficient (Wildman–Crippen LogP) is 1.11. The summed E-state index contributed by atoms with van der Waals surface area (Å²) in [6, 6.07) is 0. The molecule has 6 heteroatoms. The SMILES string of the molecule is COC1(c2noc(CCC(=O)O)n2)CCC1. The van der Waals surface area contributed by atoms with Crippen LogP contribution in [-0.4, -0.2) is 28.3 Å². The quantitative estimate of drug-likeness (QED) is 0.809. The van der Waals surface area contributed by atoms with Gasteiger partial charge in [0.1, 0.15) is 5.60 Å². The van der Waals surface area contributed by atoms with E-state index in [-0.39, 0.29) is 12.8 Å². The van der Waals surface area contributed by atoms with Crippen LogP contribution in [0.3, 0.4) is 0 Å². The minimum absolute atomic E-state index is 0.00160. The van der Waals surface area contributed by atoms with Gasteiger partial charge >= 0.3 is 5.97 Å². The molecule has 0 bridgehead atoms. The molecule has 1 aliphatic rings. The van der Waals surface area contributed by atoms with Crippen LogP contribution in [0.25, 0.3) is 0 Å². The highest BCUT2D eigenvalue weighted by molar-refractivity contribution is 5.66. The second-order valence-electron chi connectivity index (χ2n) is 3.96. The fourth-order valence-corrected chi connectivity index (χ4v) is 1.77. The number of rotatable bonds is 5. The number of aromatic nitrogens is 2. The van der Waals surface area contributed by atoms with Crippen molar-refractivity contribution in [2.75, 3.05) is 7.11 Å². The Morgan fingerprint density at radius 3 is 2.88 bits per heavy atom. The van der Waals surface area contributed by atoms with Crippen LogP contribution in [0.15, 0.2) is 4.52 Å². The van der Waals surface area contributed by atoms with Crippen molar-refractivity contribution in [1.82, 2.24) is 10.1 Å². The number of hydrogen-bond acceptors (Lipinski definition) is 5. The Labute approximate surface area is 92.6 Å². The third-order valence-corrected chi connectivity index (χ3v) is 2.98. The van der Waals surface area contributed by atoms with Gasteiger partial charge in [-0.3, -0.25) is 4.79 Å². The number of hydrogen-bond donors (Lipinski definition) is 1. The van der Waals surface area contributed by atoms with Crippen molar-refractivity contribution in [3.05, 3.63) is 11.7 Å². The van der Waals surface area contributed by atoms with Crippen molar-refractivity contribution in [1.29, 1.82) is 0 Å². The van der Waals surface area contributed by atoms with E-state index in [0.29, 0.717) is 11.7 Å². The van der Waals surface area contributed by atoms with E-state index in [9.17, 15) is 4.79 Å². The molecule has 6 nitrogen and oxygen atoms in total. The molecule has 0 unspecified atom stereocenters. The first-order valence-corrected chi connectivity index (χ1v) is 5.26. The van der Waals surface area contributed by atoms with Crippen LogP contribution in [0.4, 0.5) is 0 Å². The van der Waals surface area contributed by atoms with E-state index >= 15 is 0 Å². The van der Waals surface area contributed by atoms with Crippen LogP contribution in [0.5, 0.6) is 0 Å². The van der Waals surface area contributed by atoms with Gasteiger partial charge in [0.15, 0.2) is 0 Å². The van der Waals surface area contributed by atoms with Crippen LogP contribution in [0.2, 0.25) is 0 Å². The molecule has 16 heavy (non-hydrogen) atoms. The molecule has 1 aliphatic carbocycles. The molecule has 0 amide bonds. The lowest BCUT2D eigenvalue weighted by atomic mass is 9.79. The van der Waals surface area contributed by atoms with Gasteiger partial charge in [0, 0.05) is 13.5 Å². The molecule has 0 radical (unpaired) electrons. The van der Waals surface area contributed by atoms with Crippen molar-refractivity contribution in [3.63, 3.8) is 0 Å². The van der Waals surface area contributed by atoms with E-state index < -0.39 is 11.6 Å². The molecule has 0 aliphatic heterocycles. The van der Waals surface area contributed by atoms with Gasteiger partial charge in [0.05, 0.1) is 6.42 Å². The Balaban J connectivity index is 2.04. The Bertz CT molecular complexity index is 378. The summed E-state index contributed by atoms with van der Waals surface area (Å²) in [6.45, 7) is 0. The monoisotopic (exact) mass is 226 g/mol. The molecule has 1 saturated carbocycles. The van der Waals surface area contributed by atoms with Crippen LogP contribution in [-0.2, 0) is 21.6 Å². The minimum Gasteiger partial charge on any atom is -0.481 e. The van der Waals surface area contributed by atoms with Crippen molar-refractivity contribution in [2.24, 2.45) is 0 Å². The highest BCUT2D eigenvalue weighted by Crippen LogP contribution is 2.42. The van der Waals surface area contributed by atoms with Gasteiger partial charge < -0.3 is 14.4 Å². The summed E-state index contributed by atoms with van der Waals surface area (Å²) < 4.78 is 10.4. The van der Waals surface area contributed by atoms with E-state index in [4.69, 9.17) is 14.4 Å². The van der Waals surface area contributed by atoms with Crippen molar-refractivity contribution in [3.8, 4) is 0 Å². The van der Waals surface area contributed by atoms with Gasteiger partial charge in [0.2, 0.25) is 11.7 Å². The van der Waals surface area contributed by atoms with E-state index in [1.54, 1.807) is 7.11 Å². The van der Waals surface area contributed by atoms with Gasteiger partial charge in [0.25, 0.3) is 0 Å². The summed E-state index contributed by atoms with van der Waals surface area (Å²) in [6.07, 6.45) is 3.14. The molecule has 1 aromatic heterocycles. The van der Waals surface area contributed by atoms with Crippen molar-refractivity contribution < 1.29 is 19.2 Å². The van der Waals surface area contributed by atoms with E-state index in [1.165, 1.54) is 0 Å². The Kier molecular flexibility index (Phi) is 2.91. The average molecular weight is 226 g/mol. The molecular formula is C10H14N2O4. The number of carboxylic acids is 1. The molecule has 0 aromatic carbocycles. The Hall–Kier alpha value is -1.43. The Morgan fingerprint density at radius 2 is 2.38 bits per heavy atom. The maximum absolute atomic E-state index is 10.4. The summed E-state index contributed by atoms with van der Waals surface area (Å²) in [5, 5.41) is 12.4. The van der Waals surface area contributed by atoms with E-state index in [1.807, 2.05) is 0 Å². The third-order valence-electron chi connectivity index (χ3n) is 2.98. The summed E-state index contributed by atoms with van der Waals surface area (Å²) in [5.74, 6) is 0.0345. The van der Waals surface area contributed by atoms with Crippen LogP contribution in [0, 0.1) is 0 Å². The molecule has 0 spiro atoms. The number of nitrogens with zero attached hydrogens (tertiary/aromatic N) is 2. The molecule has 2 rings (SSSR count). The van der Waals surface area contributed by atoms with Gasteiger partial charge in [-0.1, -0.05) is 5.16 Å². The first kappa shape index (κ1) is 11.1. The fraction of sp³-hybridized carbons (Fsp3) is 0.700. The molecule has 0 atom stereocenters. The van der Waals surface area contributed by atoms with E-state index in [0.717, 1.165) is 19.3 Å². The fourth-order valence-electron chi connectivity index (χ4n) is 1.77. The lowest BCUT2D eigenvalue weighted by Crippen LogP contribution is -2.37.